The highest BCUT2D eigenvalue weighted by molar-refractivity contribution is 6.28. The molecule has 0 fully saturated rings. The van der Waals surface area contributed by atoms with Crippen LogP contribution in [0.5, 0.6) is 0 Å². The van der Waals surface area contributed by atoms with E-state index in [0.717, 1.165) is 0 Å². The number of aromatic nitrogens is 8. The van der Waals surface area contributed by atoms with E-state index >= 15 is 0 Å². The van der Waals surface area contributed by atoms with Crippen molar-refractivity contribution in [1.29, 1.82) is 0 Å². The summed E-state index contributed by atoms with van der Waals surface area (Å²) >= 11 is 6.39. The minimum absolute atomic E-state index is 0.0125. The topological polar surface area (TPSA) is 131 Å². The molecule has 0 bridgehead atoms. The van der Waals surface area contributed by atoms with E-state index in [4.69, 9.17) is 17.3 Å². The number of nitrogens with two attached hydrogens (primary N) is 1. The van der Waals surface area contributed by atoms with Crippen LogP contribution in [0.1, 0.15) is 40.4 Å². The van der Waals surface area contributed by atoms with Crippen LogP contribution in [-0.2, 0) is 31.6 Å². The summed E-state index contributed by atoms with van der Waals surface area (Å²) in [6.07, 6.45) is 1.74. The zero-order chi connectivity index (χ0) is 23.7. The molecule has 4 aromatic heterocycles. The molecule has 4 heterocycles. The molecule has 0 aliphatic carbocycles. The van der Waals surface area contributed by atoms with Crippen LogP contribution in [0.25, 0.3) is 22.3 Å². The Kier molecular flexibility index (Phi) is 4.74. The maximum Gasteiger partial charge on any atom is 0.281 e. The van der Waals surface area contributed by atoms with Gasteiger partial charge in [0.25, 0.3) is 11.1 Å². The summed E-state index contributed by atoms with van der Waals surface area (Å²) in [4.78, 5) is 43.8. The Bertz CT molecular complexity index is 1500. The first kappa shape index (κ1) is 22.0. The molecule has 0 saturated carbocycles. The summed E-state index contributed by atoms with van der Waals surface area (Å²) in [5.41, 5.74) is 5.45. The van der Waals surface area contributed by atoms with Gasteiger partial charge in [0.15, 0.2) is 22.3 Å². The van der Waals surface area contributed by atoms with E-state index in [2.05, 4.69) is 19.9 Å². The minimum atomic E-state index is -0.858. The second kappa shape index (κ2) is 6.89. The van der Waals surface area contributed by atoms with Crippen LogP contribution >= 0.6 is 11.6 Å². The second-order valence-corrected chi connectivity index (χ2v) is 9.92. The molecule has 0 aromatic carbocycles. The SMILES string of the molecule is Cn1c(CC(C)(C)n2c(Cl)nc3ncn(C)c3c2=O)nc2nc(N)n(C(C)(C)C)c2c1=O. The van der Waals surface area contributed by atoms with Gasteiger partial charge in [0.1, 0.15) is 5.82 Å². The number of hydrogen-bond acceptors (Lipinski definition) is 7. The van der Waals surface area contributed by atoms with Crippen molar-refractivity contribution in [1.82, 2.24) is 38.2 Å². The molecule has 0 saturated heterocycles. The van der Waals surface area contributed by atoms with E-state index in [-0.39, 0.29) is 40.1 Å². The van der Waals surface area contributed by atoms with Crippen LogP contribution in [0, 0.1) is 0 Å². The number of anilines is 1. The number of rotatable bonds is 3. The number of aryl methyl sites for hydroxylation is 1. The largest absolute Gasteiger partial charge is 0.369 e. The maximum atomic E-state index is 13.3. The number of fused-ring (bicyclic) bond motifs is 2. The fourth-order valence-electron chi connectivity index (χ4n) is 4.07. The highest BCUT2D eigenvalue weighted by atomic mass is 35.5. The van der Waals surface area contributed by atoms with E-state index in [1.54, 1.807) is 23.2 Å². The van der Waals surface area contributed by atoms with Crippen LogP contribution < -0.4 is 16.9 Å². The lowest BCUT2D eigenvalue weighted by Gasteiger charge is -2.28. The molecule has 4 rings (SSSR count). The predicted molar refractivity (Wildman–Crippen MR) is 123 cm³/mol. The van der Waals surface area contributed by atoms with Gasteiger partial charge >= 0.3 is 0 Å². The second-order valence-electron chi connectivity index (χ2n) is 9.58. The summed E-state index contributed by atoms with van der Waals surface area (Å²) in [5.74, 6) is 0.665. The van der Waals surface area contributed by atoms with Crippen molar-refractivity contribution in [3.63, 3.8) is 0 Å². The summed E-state index contributed by atoms with van der Waals surface area (Å²) in [6, 6.07) is 0. The van der Waals surface area contributed by atoms with Crippen molar-refractivity contribution in [2.75, 3.05) is 5.73 Å². The third kappa shape index (κ3) is 3.19. The molecule has 2 N–H and O–H groups in total. The monoisotopic (exact) mass is 459 g/mol. The molecule has 0 radical (unpaired) electrons. The number of hydrogen-bond donors (Lipinski definition) is 1. The van der Waals surface area contributed by atoms with Crippen LogP contribution in [0.2, 0.25) is 5.28 Å². The normalized spacial score (nSPS) is 12.9. The van der Waals surface area contributed by atoms with Gasteiger partial charge in [0, 0.05) is 26.1 Å². The number of imidazole rings is 2. The minimum Gasteiger partial charge on any atom is -0.369 e. The maximum absolute atomic E-state index is 13.3. The zero-order valence-corrected chi connectivity index (χ0v) is 19.9. The van der Waals surface area contributed by atoms with Crippen molar-refractivity contribution in [2.45, 2.75) is 52.1 Å². The summed E-state index contributed by atoms with van der Waals surface area (Å²) < 4.78 is 6.16. The van der Waals surface area contributed by atoms with Gasteiger partial charge in [-0.1, -0.05) is 0 Å². The van der Waals surface area contributed by atoms with Crippen molar-refractivity contribution in [3.05, 3.63) is 38.1 Å². The molecule has 4 aromatic rings. The molecular formula is C20H26ClN9O2. The van der Waals surface area contributed by atoms with Crippen molar-refractivity contribution in [3.8, 4) is 0 Å². The van der Waals surface area contributed by atoms with Crippen molar-refractivity contribution in [2.24, 2.45) is 14.1 Å². The first-order valence-corrected chi connectivity index (χ1v) is 10.5. The van der Waals surface area contributed by atoms with E-state index < -0.39 is 11.1 Å². The third-order valence-corrected chi connectivity index (χ3v) is 5.84. The van der Waals surface area contributed by atoms with Gasteiger partial charge in [-0.2, -0.15) is 9.97 Å². The Morgan fingerprint density at radius 3 is 2.22 bits per heavy atom. The molecule has 0 aliphatic rings. The van der Waals surface area contributed by atoms with Gasteiger partial charge < -0.3 is 10.3 Å². The van der Waals surface area contributed by atoms with Crippen molar-refractivity contribution >= 4 is 39.9 Å². The first-order valence-electron chi connectivity index (χ1n) is 10.1. The lowest BCUT2D eigenvalue weighted by Crippen LogP contribution is -2.41. The molecule has 0 spiro atoms. The van der Waals surface area contributed by atoms with Gasteiger partial charge in [0.2, 0.25) is 11.2 Å². The first-order chi connectivity index (χ1) is 14.7. The van der Waals surface area contributed by atoms with Gasteiger partial charge in [-0.3, -0.25) is 23.3 Å². The summed E-state index contributed by atoms with van der Waals surface area (Å²) in [7, 11) is 3.36. The molecule has 11 nitrogen and oxygen atoms in total. The van der Waals surface area contributed by atoms with Crippen LogP contribution in [0.4, 0.5) is 5.95 Å². The predicted octanol–water partition coefficient (Wildman–Crippen LogP) is 1.54. The quantitative estimate of drug-likeness (QED) is 0.459. The molecular weight excluding hydrogens is 434 g/mol. The van der Waals surface area contributed by atoms with Gasteiger partial charge in [-0.05, 0) is 46.2 Å². The Morgan fingerprint density at radius 2 is 1.59 bits per heavy atom. The van der Waals surface area contributed by atoms with Crippen LogP contribution in [-0.4, -0.2) is 38.2 Å². The standard InChI is InChI=1S/C20H26ClN9O2/c1-19(2,3)29-12-14(26-18(29)22)24-10(28(7)15(12)31)8-20(4,5)30-16(32)11-13(25-17(30)21)23-9-27(11)6/h9H,8H2,1-7H3,(H2,22,26). The number of halogens is 1. The third-order valence-electron chi connectivity index (χ3n) is 5.59. The van der Waals surface area contributed by atoms with E-state index in [9.17, 15) is 9.59 Å². The van der Waals surface area contributed by atoms with Crippen LogP contribution in [0.3, 0.4) is 0 Å². The smallest absolute Gasteiger partial charge is 0.281 e. The molecule has 0 amide bonds. The lowest BCUT2D eigenvalue weighted by molar-refractivity contribution is 0.328. The zero-order valence-electron chi connectivity index (χ0n) is 19.1. The van der Waals surface area contributed by atoms with E-state index in [1.165, 1.54) is 15.5 Å². The van der Waals surface area contributed by atoms with E-state index in [1.807, 2.05) is 34.6 Å². The average Bonchev–Trinajstić information content (AvgIpc) is 3.18. The van der Waals surface area contributed by atoms with E-state index in [0.29, 0.717) is 16.9 Å². The Morgan fingerprint density at radius 1 is 0.938 bits per heavy atom. The molecule has 0 aliphatic heterocycles. The Balaban J connectivity index is 1.89. The highest BCUT2D eigenvalue weighted by Gasteiger charge is 2.31. The number of nitrogens with zero attached hydrogens (tertiary/aromatic N) is 8. The van der Waals surface area contributed by atoms with Crippen LogP contribution in [0.15, 0.2) is 15.9 Å². The Labute approximate surface area is 188 Å². The number of nitrogen functional groups attached to an aromatic ring is 1. The Hall–Kier alpha value is -3.21. The molecule has 32 heavy (non-hydrogen) atoms. The fourth-order valence-corrected chi connectivity index (χ4v) is 4.46. The fraction of sp³-hybridized carbons (Fsp3) is 0.500. The molecule has 0 atom stereocenters. The van der Waals surface area contributed by atoms with Gasteiger partial charge in [-0.15, -0.1) is 0 Å². The van der Waals surface area contributed by atoms with Gasteiger partial charge in [-0.25, -0.2) is 9.97 Å². The molecule has 12 heteroatoms. The summed E-state index contributed by atoms with van der Waals surface area (Å²) in [5, 5.41) is 0.0125. The van der Waals surface area contributed by atoms with Crippen molar-refractivity contribution < 1.29 is 0 Å². The summed E-state index contributed by atoms with van der Waals surface area (Å²) in [6.45, 7) is 9.50. The highest BCUT2D eigenvalue weighted by Crippen LogP contribution is 2.26. The average molecular weight is 460 g/mol. The molecule has 170 valence electrons. The molecule has 0 unspecified atom stereocenters. The lowest BCUT2D eigenvalue weighted by atomic mass is 9.99. The van der Waals surface area contributed by atoms with Gasteiger partial charge in [0.05, 0.1) is 11.9 Å².